The first-order chi connectivity index (χ1) is 10.00. The van der Waals surface area contributed by atoms with Crippen LogP contribution in [0.2, 0.25) is 0 Å². The minimum Gasteiger partial charge on any atom is -0.325 e. The van der Waals surface area contributed by atoms with Crippen LogP contribution in [0.4, 0.5) is 0 Å². The van der Waals surface area contributed by atoms with Gasteiger partial charge in [-0.2, -0.15) is 0 Å². The molecule has 1 saturated carbocycles. The maximum atomic E-state index is 6.00. The molecular weight excluding hydrogens is 348 g/mol. The Labute approximate surface area is 140 Å². The zero-order chi connectivity index (χ0) is 15.0. The van der Waals surface area contributed by atoms with Crippen LogP contribution in [-0.4, -0.2) is 15.4 Å². The Morgan fingerprint density at radius 2 is 2.24 bits per heavy atom. The first kappa shape index (κ1) is 15.4. The topological polar surface area (TPSA) is 17.8 Å². The van der Waals surface area contributed by atoms with Gasteiger partial charge in [0.1, 0.15) is 5.82 Å². The number of hydrogen-bond acceptors (Lipinski definition) is 1. The molecule has 1 atom stereocenters. The molecule has 3 rings (SSSR count). The number of aromatic nitrogens is 2. The second kappa shape index (κ2) is 5.92. The predicted molar refractivity (Wildman–Crippen MR) is 93.1 cm³/mol. The Hall–Kier alpha value is -0.540. The van der Waals surface area contributed by atoms with Gasteiger partial charge >= 0.3 is 0 Å². The fourth-order valence-electron chi connectivity index (χ4n) is 3.66. The van der Waals surface area contributed by atoms with Gasteiger partial charge < -0.3 is 4.57 Å². The summed E-state index contributed by atoms with van der Waals surface area (Å²) in [4.78, 5) is 4.82. The summed E-state index contributed by atoms with van der Waals surface area (Å²) in [5.74, 6) is 1.77. The van der Waals surface area contributed by atoms with Crippen molar-refractivity contribution in [1.82, 2.24) is 9.55 Å². The van der Waals surface area contributed by atoms with Gasteiger partial charge in [-0.1, -0.05) is 36.2 Å². The highest BCUT2D eigenvalue weighted by molar-refractivity contribution is 9.10. The summed E-state index contributed by atoms with van der Waals surface area (Å²) in [6.07, 6.45) is 5.93. The Morgan fingerprint density at radius 1 is 1.43 bits per heavy atom. The normalized spacial score (nSPS) is 21.8. The number of fused-ring (bicyclic) bond motifs is 1. The third-order valence-electron chi connectivity index (χ3n) is 4.59. The number of aryl methyl sites for hydroxylation is 1. The molecule has 2 aromatic rings. The number of imidazole rings is 1. The number of alkyl halides is 1. The van der Waals surface area contributed by atoms with Gasteiger partial charge in [0, 0.05) is 22.8 Å². The van der Waals surface area contributed by atoms with Crippen LogP contribution in [0.3, 0.4) is 0 Å². The summed E-state index contributed by atoms with van der Waals surface area (Å²) in [5, 5.41) is 0. The molecule has 1 aromatic carbocycles. The number of benzene rings is 1. The molecular formula is C17H22BrClN2. The lowest BCUT2D eigenvalue weighted by Crippen LogP contribution is -2.26. The highest BCUT2D eigenvalue weighted by Gasteiger charge is 2.30. The fraction of sp³-hybridized carbons (Fsp3) is 0.588. The molecule has 1 aliphatic carbocycles. The molecule has 0 bridgehead atoms. The van der Waals surface area contributed by atoms with E-state index >= 15 is 0 Å². The molecule has 0 spiro atoms. The SMILES string of the molecule is CC1(C)CCCC(n2c(CCCl)nc3ccc(Br)cc32)C1. The molecule has 21 heavy (non-hydrogen) atoms. The maximum absolute atomic E-state index is 6.00. The van der Waals surface area contributed by atoms with Gasteiger partial charge in [0.2, 0.25) is 0 Å². The summed E-state index contributed by atoms with van der Waals surface area (Å²) in [7, 11) is 0. The van der Waals surface area contributed by atoms with Crippen LogP contribution in [0.25, 0.3) is 11.0 Å². The van der Waals surface area contributed by atoms with E-state index in [1.165, 1.54) is 31.2 Å². The van der Waals surface area contributed by atoms with E-state index in [-0.39, 0.29) is 0 Å². The first-order valence-corrected chi connectivity index (χ1v) is 9.05. The van der Waals surface area contributed by atoms with Crippen LogP contribution in [0.5, 0.6) is 0 Å². The van der Waals surface area contributed by atoms with E-state index in [1.807, 2.05) is 0 Å². The highest BCUT2D eigenvalue weighted by atomic mass is 79.9. The average Bonchev–Trinajstić information content (AvgIpc) is 2.75. The van der Waals surface area contributed by atoms with E-state index in [2.05, 4.69) is 52.5 Å². The average molecular weight is 370 g/mol. The van der Waals surface area contributed by atoms with Crippen molar-refractivity contribution in [1.29, 1.82) is 0 Å². The van der Waals surface area contributed by atoms with Crippen molar-refractivity contribution in [3.8, 4) is 0 Å². The lowest BCUT2D eigenvalue weighted by Gasteiger charge is -2.36. The smallest absolute Gasteiger partial charge is 0.111 e. The molecule has 0 radical (unpaired) electrons. The Kier molecular flexibility index (Phi) is 4.33. The second-order valence-corrected chi connectivity index (χ2v) is 8.18. The molecule has 1 aromatic heterocycles. The van der Waals surface area contributed by atoms with Crippen molar-refractivity contribution in [2.45, 2.75) is 52.0 Å². The summed E-state index contributed by atoms with van der Waals surface area (Å²) >= 11 is 9.59. The minimum absolute atomic E-state index is 0.420. The van der Waals surface area contributed by atoms with Gasteiger partial charge in [-0.25, -0.2) is 4.98 Å². The third-order valence-corrected chi connectivity index (χ3v) is 5.27. The quantitative estimate of drug-likeness (QED) is 0.632. The molecule has 2 nitrogen and oxygen atoms in total. The van der Waals surface area contributed by atoms with Gasteiger partial charge in [0.15, 0.2) is 0 Å². The zero-order valence-corrected chi connectivity index (χ0v) is 15.0. The fourth-order valence-corrected chi connectivity index (χ4v) is 4.18. The molecule has 114 valence electrons. The number of nitrogens with zero attached hydrogens (tertiary/aromatic N) is 2. The molecule has 0 N–H and O–H groups in total. The molecule has 0 amide bonds. The van der Waals surface area contributed by atoms with Crippen LogP contribution in [-0.2, 0) is 6.42 Å². The van der Waals surface area contributed by atoms with Crippen molar-refractivity contribution >= 4 is 38.6 Å². The molecule has 1 aliphatic rings. The molecule has 1 unspecified atom stereocenters. The van der Waals surface area contributed by atoms with Crippen LogP contribution >= 0.6 is 27.5 Å². The van der Waals surface area contributed by atoms with E-state index in [0.717, 1.165) is 22.2 Å². The Balaban J connectivity index is 2.09. The largest absolute Gasteiger partial charge is 0.325 e. The Bertz CT molecular complexity index is 648. The summed E-state index contributed by atoms with van der Waals surface area (Å²) in [6.45, 7) is 4.77. The number of rotatable bonds is 3. The van der Waals surface area contributed by atoms with E-state index in [9.17, 15) is 0 Å². The summed E-state index contributed by atoms with van der Waals surface area (Å²) < 4.78 is 3.58. The first-order valence-electron chi connectivity index (χ1n) is 7.72. The van der Waals surface area contributed by atoms with E-state index in [0.29, 0.717) is 17.3 Å². The molecule has 1 fully saturated rings. The summed E-state index contributed by atoms with van der Waals surface area (Å²) in [6, 6.07) is 6.91. The van der Waals surface area contributed by atoms with Gasteiger partial charge in [-0.05, 0) is 42.9 Å². The molecule has 0 saturated heterocycles. The van der Waals surface area contributed by atoms with Crippen molar-refractivity contribution in [2.24, 2.45) is 5.41 Å². The van der Waals surface area contributed by atoms with Gasteiger partial charge in [-0.15, -0.1) is 11.6 Å². The molecule has 0 aliphatic heterocycles. The van der Waals surface area contributed by atoms with Crippen molar-refractivity contribution in [2.75, 3.05) is 5.88 Å². The predicted octanol–water partition coefficient (Wildman–Crippen LogP) is 5.72. The lowest BCUT2D eigenvalue weighted by molar-refractivity contribution is 0.184. The van der Waals surface area contributed by atoms with Crippen molar-refractivity contribution in [3.63, 3.8) is 0 Å². The second-order valence-electron chi connectivity index (χ2n) is 6.88. The lowest BCUT2D eigenvalue weighted by atomic mass is 9.75. The highest BCUT2D eigenvalue weighted by Crippen LogP contribution is 2.42. The monoisotopic (exact) mass is 368 g/mol. The van der Waals surface area contributed by atoms with Gasteiger partial charge in [0.25, 0.3) is 0 Å². The van der Waals surface area contributed by atoms with Crippen molar-refractivity contribution < 1.29 is 0 Å². The van der Waals surface area contributed by atoms with Crippen LogP contribution in [0.15, 0.2) is 22.7 Å². The van der Waals surface area contributed by atoms with Crippen molar-refractivity contribution in [3.05, 3.63) is 28.5 Å². The Morgan fingerprint density at radius 3 is 2.95 bits per heavy atom. The third kappa shape index (κ3) is 3.14. The van der Waals surface area contributed by atoms with E-state index in [1.54, 1.807) is 0 Å². The molecule has 4 heteroatoms. The van der Waals surface area contributed by atoms with Crippen LogP contribution in [0, 0.1) is 5.41 Å². The van der Waals surface area contributed by atoms with Gasteiger partial charge in [0.05, 0.1) is 11.0 Å². The number of hydrogen-bond donors (Lipinski definition) is 0. The van der Waals surface area contributed by atoms with Gasteiger partial charge in [-0.3, -0.25) is 0 Å². The minimum atomic E-state index is 0.420. The number of halogens is 2. The maximum Gasteiger partial charge on any atom is 0.111 e. The molecule has 1 heterocycles. The van der Waals surface area contributed by atoms with Crippen LogP contribution in [0.1, 0.15) is 51.4 Å². The standard InChI is InChI=1S/C17H22BrClN2/c1-17(2)8-3-4-13(11-17)21-15-10-12(18)5-6-14(15)20-16(21)7-9-19/h5-6,10,13H,3-4,7-9,11H2,1-2H3. The summed E-state index contributed by atoms with van der Waals surface area (Å²) in [5.41, 5.74) is 2.75. The van der Waals surface area contributed by atoms with Crippen LogP contribution < -0.4 is 0 Å². The van der Waals surface area contributed by atoms with E-state index in [4.69, 9.17) is 16.6 Å². The van der Waals surface area contributed by atoms with E-state index < -0.39 is 0 Å². The zero-order valence-electron chi connectivity index (χ0n) is 12.7.